The second-order valence-electron chi connectivity index (χ2n) is 6.65. The van der Waals surface area contributed by atoms with Crippen LogP contribution in [0.4, 0.5) is 0 Å². The minimum absolute atomic E-state index is 0.161. The smallest absolute Gasteiger partial charge is 0.281 e. The number of hydrogen-bond donors (Lipinski definition) is 1. The number of pyridine rings is 1. The first kappa shape index (κ1) is 16.3. The standard InChI is InChI=1S/C19H16N8O/c1-11(12-5-6-15-13(8-12)4-3-7-20-15)27-18-16(24-25-27)19(28)23-17(22-18)14-9-21-26(2)10-14/h3-11H,1-2H3,(H,22,23,28)/t11-/m0/s1. The molecule has 0 saturated heterocycles. The van der Waals surface area contributed by atoms with Crippen molar-refractivity contribution in [2.45, 2.75) is 13.0 Å². The lowest BCUT2D eigenvalue weighted by Gasteiger charge is -2.13. The maximum Gasteiger partial charge on any atom is 0.281 e. The minimum atomic E-state index is -0.329. The molecule has 0 radical (unpaired) electrons. The van der Waals surface area contributed by atoms with Crippen LogP contribution < -0.4 is 5.56 Å². The molecule has 1 atom stereocenters. The van der Waals surface area contributed by atoms with Gasteiger partial charge in [0, 0.05) is 24.8 Å². The van der Waals surface area contributed by atoms with Gasteiger partial charge in [0.25, 0.3) is 5.56 Å². The van der Waals surface area contributed by atoms with Crippen molar-refractivity contribution in [1.29, 1.82) is 0 Å². The fraction of sp³-hybridized carbons (Fsp3) is 0.158. The zero-order valence-electron chi connectivity index (χ0n) is 15.2. The van der Waals surface area contributed by atoms with E-state index in [0.717, 1.165) is 22.0 Å². The van der Waals surface area contributed by atoms with E-state index < -0.39 is 0 Å². The zero-order chi connectivity index (χ0) is 19.3. The third kappa shape index (κ3) is 2.56. The summed E-state index contributed by atoms with van der Waals surface area (Å²) in [6, 6.07) is 9.80. The van der Waals surface area contributed by atoms with Gasteiger partial charge >= 0.3 is 0 Å². The first-order chi connectivity index (χ1) is 13.6. The van der Waals surface area contributed by atoms with Crippen LogP contribution in [-0.2, 0) is 7.05 Å². The predicted octanol–water partition coefficient (Wildman–Crippen LogP) is 2.07. The fourth-order valence-corrected chi connectivity index (χ4v) is 3.28. The number of H-pyrrole nitrogens is 1. The van der Waals surface area contributed by atoms with E-state index in [-0.39, 0.29) is 17.1 Å². The molecule has 9 nitrogen and oxygen atoms in total. The summed E-state index contributed by atoms with van der Waals surface area (Å²) in [6.45, 7) is 2.00. The van der Waals surface area contributed by atoms with Crippen molar-refractivity contribution in [3.8, 4) is 11.4 Å². The Hall–Kier alpha value is -3.88. The van der Waals surface area contributed by atoms with Crippen molar-refractivity contribution in [3.05, 3.63) is 64.8 Å². The molecule has 0 amide bonds. The van der Waals surface area contributed by atoms with E-state index in [9.17, 15) is 4.79 Å². The van der Waals surface area contributed by atoms with E-state index in [1.165, 1.54) is 0 Å². The van der Waals surface area contributed by atoms with Crippen molar-refractivity contribution < 1.29 is 0 Å². The van der Waals surface area contributed by atoms with E-state index in [2.05, 4.69) is 36.4 Å². The SMILES string of the molecule is C[C@@H](c1ccc2ncccc2c1)n1nnc2c(=O)[nH]c(-c3cnn(C)c3)nc21. The van der Waals surface area contributed by atoms with Gasteiger partial charge in [0.15, 0.2) is 11.2 Å². The first-order valence-corrected chi connectivity index (χ1v) is 8.79. The van der Waals surface area contributed by atoms with Crippen LogP contribution in [0.15, 0.2) is 53.7 Å². The van der Waals surface area contributed by atoms with Gasteiger partial charge in [-0.2, -0.15) is 5.10 Å². The number of nitrogens with zero attached hydrogens (tertiary/aromatic N) is 7. The first-order valence-electron chi connectivity index (χ1n) is 8.79. The van der Waals surface area contributed by atoms with Crippen LogP contribution in [0.5, 0.6) is 0 Å². The van der Waals surface area contributed by atoms with Crippen LogP contribution in [0.2, 0.25) is 0 Å². The highest BCUT2D eigenvalue weighted by Crippen LogP contribution is 2.24. The monoisotopic (exact) mass is 372 g/mol. The second-order valence-corrected chi connectivity index (χ2v) is 6.65. The lowest BCUT2D eigenvalue weighted by atomic mass is 10.1. The summed E-state index contributed by atoms with van der Waals surface area (Å²) >= 11 is 0. The number of fused-ring (bicyclic) bond motifs is 2. The normalized spacial score (nSPS) is 12.6. The Kier molecular flexibility index (Phi) is 3.54. The Balaban J connectivity index is 1.65. The van der Waals surface area contributed by atoms with Crippen LogP contribution in [0.1, 0.15) is 18.5 Å². The number of aryl methyl sites for hydroxylation is 1. The van der Waals surface area contributed by atoms with Crippen LogP contribution >= 0.6 is 0 Å². The van der Waals surface area contributed by atoms with Gasteiger partial charge in [-0.3, -0.25) is 14.5 Å². The quantitative estimate of drug-likeness (QED) is 0.519. The van der Waals surface area contributed by atoms with E-state index in [1.807, 2.05) is 38.2 Å². The Morgan fingerprint density at radius 1 is 1.21 bits per heavy atom. The van der Waals surface area contributed by atoms with Crippen molar-refractivity contribution >= 4 is 22.1 Å². The largest absolute Gasteiger partial charge is 0.304 e. The van der Waals surface area contributed by atoms with Gasteiger partial charge in [0.05, 0.1) is 23.3 Å². The number of aromatic nitrogens is 8. The molecule has 4 aromatic heterocycles. The van der Waals surface area contributed by atoms with Gasteiger partial charge in [-0.05, 0) is 30.7 Å². The molecular weight excluding hydrogens is 356 g/mol. The Bertz CT molecular complexity index is 1380. The molecule has 0 spiro atoms. The topological polar surface area (TPSA) is 107 Å². The van der Waals surface area contributed by atoms with E-state index >= 15 is 0 Å². The predicted molar refractivity (Wildman–Crippen MR) is 104 cm³/mol. The average molecular weight is 372 g/mol. The van der Waals surface area contributed by atoms with Gasteiger partial charge in [-0.15, -0.1) is 5.10 Å². The number of nitrogens with one attached hydrogen (secondary N) is 1. The Labute approximate surface area is 158 Å². The molecule has 0 unspecified atom stereocenters. The fourth-order valence-electron chi connectivity index (χ4n) is 3.28. The van der Waals surface area contributed by atoms with Crippen LogP contribution in [0.25, 0.3) is 33.5 Å². The number of benzene rings is 1. The summed E-state index contributed by atoms with van der Waals surface area (Å²) in [5, 5.41) is 13.4. The molecule has 0 aliphatic rings. The Morgan fingerprint density at radius 3 is 2.93 bits per heavy atom. The summed E-state index contributed by atoms with van der Waals surface area (Å²) in [6.07, 6.45) is 5.21. The molecule has 0 bridgehead atoms. The summed E-state index contributed by atoms with van der Waals surface area (Å²) < 4.78 is 3.32. The molecule has 0 fully saturated rings. The molecule has 0 aliphatic heterocycles. The molecule has 5 rings (SSSR count). The highest BCUT2D eigenvalue weighted by molar-refractivity contribution is 5.79. The lowest BCUT2D eigenvalue weighted by molar-refractivity contribution is 0.556. The second kappa shape index (κ2) is 6.08. The highest BCUT2D eigenvalue weighted by Gasteiger charge is 2.18. The number of rotatable bonds is 3. The molecule has 1 N–H and O–H groups in total. The molecule has 28 heavy (non-hydrogen) atoms. The molecule has 138 valence electrons. The highest BCUT2D eigenvalue weighted by atomic mass is 16.1. The summed E-state index contributed by atoms with van der Waals surface area (Å²) in [5.41, 5.74) is 2.99. The van der Waals surface area contributed by atoms with Crippen molar-refractivity contribution in [2.24, 2.45) is 7.05 Å². The van der Waals surface area contributed by atoms with Gasteiger partial charge < -0.3 is 4.98 Å². The van der Waals surface area contributed by atoms with E-state index in [0.29, 0.717) is 11.5 Å². The lowest BCUT2D eigenvalue weighted by Crippen LogP contribution is -2.13. The van der Waals surface area contributed by atoms with Crippen LogP contribution in [-0.4, -0.2) is 39.7 Å². The maximum absolute atomic E-state index is 12.5. The number of aromatic amines is 1. The van der Waals surface area contributed by atoms with Gasteiger partial charge in [0.1, 0.15) is 5.82 Å². The molecule has 1 aromatic carbocycles. The van der Waals surface area contributed by atoms with Gasteiger partial charge in [-0.1, -0.05) is 17.3 Å². The summed E-state index contributed by atoms with van der Waals surface area (Å²) in [5.74, 6) is 0.434. The van der Waals surface area contributed by atoms with Crippen LogP contribution in [0, 0.1) is 0 Å². The Morgan fingerprint density at radius 2 is 2.11 bits per heavy atom. The molecule has 9 heteroatoms. The number of hydrogen-bond acceptors (Lipinski definition) is 6. The van der Waals surface area contributed by atoms with E-state index in [4.69, 9.17) is 0 Å². The average Bonchev–Trinajstić information content (AvgIpc) is 3.33. The van der Waals surface area contributed by atoms with Gasteiger partial charge in [-0.25, -0.2) is 9.67 Å². The van der Waals surface area contributed by atoms with Gasteiger partial charge in [0.2, 0.25) is 0 Å². The third-order valence-electron chi connectivity index (χ3n) is 4.79. The van der Waals surface area contributed by atoms with Crippen molar-refractivity contribution in [1.82, 2.24) is 39.7 Å². The summed E-state index contributed by atoms with van der Waals surface area (Å²) in [4.78, 5) is 24.2. The molecule has 4 heterocycles. The third-order valence-corrected chi connectivity index (χ3v) is 4.79. The maximum atomic E-state index is 12.5. The molecular formula is C19H16N8O. The minimum Gasteiger partial charge on any atom is -0.304 e. The summed E-state index contributed by atoms with van der Waals surface area (Å²) in [7, 11) is 1.81. The zero-order valence-corrected chi connectivity index (χ0v) is 15.2. The molecule has 5 aromatic rings. The molecule has 0 aliphatic carbocycles. The van der Waals surface area contributed by atoms with Crippen LogP contribution in [0.3, 0.4) is 0 Å². The van der Waals surface area contributed by atoms with E-state index in [1.54, 1.807) is 28.0 Å². The molecule has 0 saturated carbocycles. The van der Waals surface area contributed by atoms with Crippen molar-refractivity contribution in [3.63, 3.8) is 0 Å². The van der Waals surface area contributed by atoms with Crippen molar-refractivity contribution in [2.75, 3.05) is 0 Å².